The largest absolute Gasteiger partial charge is 0.393 e. The molecule has 4 unspecified atom stereocenters. The van der Waals surface area contributed by atoms with Crippen molar-refractivity contribution in [3.8, 4) is 0 Å². The predicted octanol–water partition coefficient (Wildman–Crippen LogP) is 3.40. The molecular weight excluding hydrogens is 288 g/mol. The van der Waals surface area contributed by atoms with Gasteiger partial charge in [0.15, 0.2) is 0 Å². The Kier molecular flexibility index (Phi) is 3.03. The van der Waals surface area contributed by atoms with E-state index in [0.717, 1.165) is 18.0 Å². The van der Waals surface area contributed by atoms with Crippen LogP contribution in [0.4, 0.5) is 0 Å². The lowest BCUT2D eigenvalue weighted by Crippen LogP contribution is -2.55. The topological polar surface area (TPSA) is 38.0 Å². The normalized spacial score (nSPS) is 45.4. The van der Waals surface area contributed by atoms with Crippen LogP contribution in [0.25, 0.3) is 0 Å². The standard InChI is InChI=1S/C19H26N2S/c1-3-21-17(2)14-9-18(13-7-5-4-6-8-13)11-15(17)19(10-14,12-18)16(20)22/h4-8,14-15,21H,3,9-12H2,1-2H3,(H2,20,22)/t14?,15?,17?,18?,19-/m1/s1. The summed E-state index contributed by atoms with van der Waals surface area (Å²) in [7, 11) is 0. The molecule has 1 aromatic carbocycles. The number of nitrogens with two attached hydrogens (primary N) is 1. The van der Waals surface area contributed by atoms with Crippen molar-refractivity contribution in [2.45, 2.75) is 50.5 Å². The average molecular weight is 314 g/mol. The Morgan fingerprint density at radius 3 is 2.64 bits per heavy atom. The highest BCUT2D eigenvalue weighted by molar-refractivity contribution is 7.80. The van der Waals surface area contributed by atoms with Crippen molar-refractivity contribution in [1.82, 2.24) is 5.32 Å². The van der Waals surface area contributed by atoms with E-state index < -0.39 is 0 Å². The van der Waals surface area contributed by atoms with Gasteiger partial charge < -0.3 is 11.1 Å². The number of hydrogen-bond donors (Lipinski definition) is 2. The van der Waals surface area contributed by atoms with Crippen molar-refractivity contribution in [3.63, 3.8) is 0 Å². The zero-order valence-electron chi connectivity index (χ0n) is 13.6. The summed E-state index contributed by atoms with van der Waals surface area (Å²) < 4.78 is 0. The van der Waals surface area contributed by atoms with Gasteiger partial charge in [-0.3, -0.25) is 0 Å². The van der Waals surface area contributed by atoms with Crippen molar-refractivity contribution in [1.29, 1.82) is 0 Å². The molecule has 3 heteroatoms. The van der Waals surface area contributed by atoms with E-state index in [0.29, 0.717) is 17.3 Å². The Hall–Kier alpha value is -0.930. The Bertz CT molecular complexity index is 615. The molecule has 0 amide bonds. The fourth-order valence-corrected chi connectivity index (χ4v) is 6.67. The van der Waals surface area contributed by atoms with E-state index in [2.05, 4.69) is 49.5 Å². The smallest absolute Gasteiger partial charge is 0.0794 e. The van der Waals surface area contributed by atoms with Gasteiger partial charge in [-0.25, -0.2) is 0 Å². The third kappa shape index (κ3) is 1.62. The van der Waals surface area contributed by atoms with Crippen LogP contribution in [0.5, 0.6) is 0 Å². The molecule has 2 nitrogen and oxygen atoms in total. The van der Waals surface area contributed by atoms with Gasteiger partial charge in [0.05, 0.1) is 4.99 Å². The highest BCUT2D eigenvalue weighted by Crippen LogP contribution is 2.73. The summed E-state index contributed by atoms with van der Waals surface area (Å²) >= 11 is 5.59. The molecule has 0 radical (unpaired) electrons. The van der Waals surface area contributed by atoms with Crippen LogP contribution in [0.3, 0.4) is 0 Å². The maximum absolute atomic E-state index is 6.31. The third-order valence-electron chi connectivity index (χ3n) is 7.17. The van der Waals surface area contributed by atoms with Gasteiger partial charge in [0.2, 0.25) is 0 Å². The Morgan fingerprint density at radius 2 is 2.00 bits per heavy atom. The average Bonchev–Trinajstić information content (AvgIpc) is 2.86. The van der Waals surface area contributed by atoms with Crippen molar-refractivity contribution in [2.75, 3.05) is 6.54 Å². The van der Waals surface area contributed by atoms with Gasteiger partial charge in [-0.05, 0) is 62.0 Å². The fourth-order valence-electron chi connectivity index (χ4n) is 6.37. The first-order valence-corrected chi connectivity index (χ1v) is 8.98. The van der Waals surface area contributed by atoms with Crippen LogP contribution in [0, 0.1) is 17.3 Å². The minimum atomic E-state index is 0.0744. The molecule has 0 heterocycles. The van der Waals surface area contributed by atoms with Gasteiger partial charge in [-0.15, -0.1) is 0 Å². The summed E-state index contributed by atoms with van der Waals surface area (Å²) in [5.74, 6) is 1.26. The van der Waals surface area contributed by atoms with Crippen LogP contribution in [0.1, 0.15) is 45.1 Å². The van der Waals surface area contributed by atoms with Crippen LogP contribution in [0.2, 0.25) is 0 Å². The van der Waals surface area contributed by atoms with Gasteiger partial charge in [-0.2, -0.15) is 0 Å². The number of benzene rings is 1. The van der Waals surface area contributed by atoms with Gasteiger partial charge in [0, 0.05) is 11.0 Å². The molecule has 5 rings (SSSR count). The molecule has 4 bridgehead atoms. The second kappa shape index (κ2) is 4.55. The highest BCUT2D eigenvalue weighted by atomic mass is 32.1. The van der Waals surface area contributed by atoms with Crippen molar-refractivity contribution in [3.05, 3.63) is 35.9 Å². The lowest BCUT2D eigenvalue weighted by molar-refractivity contribution is 0.113. The van der Waals surface area contributed by atoms with Crippen LogP contribution in [-0.2, 0) is 5.41 Å². The number of thiocarbonyl (C=S) groups is 1. The lowest BCUT2D eigenvalue weighted by Gasteiger charge is -2.48. The highest BCUT2D eigenvalue weighted by Gasteiger charge is 2.72. The van der Waals surface area contributed by atoms with Gasteiger partial charge >= 0.3 is 0 Å². The van der Waals surface area contributed by atoms with E-state index >= 15 is 0 Å². The van der Waals surface area contributed by atoms with E-state index in [1.807, 2.05) is 0 Å². The van der Waals surface area contributed by atoms with Crippen molar-refractivity contribution < 1.29 is 0 Å². The first kappa shape index (κ1) is 14.6. The molecule has 1 aromatic rings. The van der Waals surface area contributed by atoms with Crippen LogP contribution >= 0.6 is 12.2 Å². The van der Waals surface area contributed by atoms with E-state index in [9.17, 15) is 0 Å². The molecule has 0 aliphatic heterocycles. The Balaban J connectivity index is 1.81. The Labute approximate surface area is 138 Å². The molecule has 4 saturated carbocycles. The van der Waals surface area contributed by atoms with Crippen LogP contribution in [-0.4, -0.2) is 17.1 Å². The summed E-state index contributed by atoms with van der Waals surface area (Å²) in [5, 5.41) is 3.81. The summed E-state index contributed by atoms with van der Waals surface area (Å²) in [4.78, 5) is 0.765. The predicted molar refractivity (Wildman–Crippen MR) is 94.9 cm³/mol. The summed E-state index contributed by atoms with van der Waals surface area (Å²) in [5.41, 5.74) is 8.39. The molecule has 0 spiro atoms. The molecule has 22 heavy (non-hydrogen) atoms. The molecule has 4 fully saturated rings. The summed E-state index contributed by atoms with van der Waals surface area (Å²) in [6.07, 6.45) is 4.85. The zero-order chi connectivity index (χ0) is 15.6. The number of hydrogen-bond acceptors (Lipinski definition) is 2. The second-order valence-electron chi connectivity index (χ2n) is 8.02. The minimum Gasteiger partial charge on any atom is -0.393 e. The molecule has 118 valence electrons. The van der Waals surface area contributed by atoms with Crippen LogP contribution in [0.15, 0.2) is 30.3 Å². The molecule has 4 aliphatic rings. The first-order chi connectivity index (χ1) is 10.5. The molecule has 0 aromatic heterocycles. The van der Waals surface area contributed by atoms with Crippen LogP contribution < -0.4 is 11.1 Å². The van der Waals surface area contributed by atoms with Gasteiger partial charge in [0.1, 0.15) is 0 Å². The van der Waals surface area contributed by atoms with E-state index in [4.69, 9.17) is 18.0 Å². The quantitative estimate of drug-likeness (QED) is 0.837. The van der Waals surface area contributed by atoms with Crippen molar-refractivity contribution in [2.24, 2.45) is 23.0 Å². The molecule has 3 N–H and O–H groups in total. The van der Waals surface area contributed by atoms with Gasteiger partial charge in [-0.1, -0.05) is 49.5 Å². The fraction of sp³-hybridized carbons (Fsp3) is 0.632. The Morgan fingerprint density at radius 1 is 1.27 bits per heavy atom. The third-order valence-corrected chi connectivity index (χ3v) is 7.58. The summed E-state index contributed by atoms with van der Waals surface area (Å²) in [6.45, 7) is 5.66. The molecular formula is C19H26N2S. The maximum atomic E-state index is 6.31. The molecule has 0 saturated heterocycles. The molecule has 5 atom stereocenters. The van der Waals surface area contributed by atoms with Crippen molar-refractivity contribution >= 4 is 17.2 Å². The lowest BCUT2D eigenvalue weighted by atomic mass is 9.60. The second-order valence-corrected chi connectivity index (χ2v) is 8.46. The minimum absolute atomic E-state index is 0.0744. The van der Waals surface area contributed by atoms with E-state index in [1.165, 1.54) is 24.8 Å². The molecule has 4 aliphatic carbocycles. The van der Waals surface area contributed by atoms with Gasteiger partial charge in [0.25, 0.3) is 0 Å². The van der Waals surface area contributed by atoms with E-state index in [-0.39, 0.29) is 11.0 Å². The zero-order valence-corrected chi connectivity index (χ0v) is 14.4. The number of nitrogens with one attached hydrogen (secondary N) is 1. The SMILES string of the molecule is CCNC1(C)C2CC3(c4ccccc4)CC1[C@@](C(N)=S)(C2)C3. The summed E-state index contributed by atoms with van der Waals surface area (Å²) in [6, 6.07) is 11.1. The monoisotopic (exact) mass is 314 g/mol. The maximum Gasteiger partial charge on any atom is 0.0794 e. The first-order valence-electron chi connectivity index (χ1n) is 8.57. The number of rotatable bonds is 4. The van der Waals surface area contributed by atoms with E-state index in [1.54, 1.807) is 0 Å².